The monoisotopic (exact) mass is 467 g/mol. The van der Waals surface area contributed by atoms with E-state index in [9.17, 15) is 22.4 Å². The molecule has 0 fully saturated rings. The number of halogens is 1. The Morgan fingerprint density at radius 2 is 2.00 bits per heavy atom. The first-order valence-corrected chi connectivity index (χ1v) is 11.6. The summed E-state index contributed by atoms with van der Waals surface area (Å²) in [6, 6.07) is 4.73. The van der Waals surface area contributed by atoms with Crippen LogP contribution in [-0.4, -0.2) is 43.3 Å². The van der Waals surface area contributed by atoms with Crippen molar-refractivity contribution in [3.05, 3.63) is 42.0 Å². The molecule has 3 aromatic rings. The molecule has 0 aliphatic heterocycles. The van der Waals surface area contributed by atoms with E-state index in [1.165, 1.54) is 24.5 Å². The zero-order valence-corrected chi connectivity index (χ0v) is 18.1. The predicted molar refractivity (Wildman–Crippen MR) is 112 cm³/mol. The lowest BCUT2D eigenvalue weighted by atomic mass is 10.1. The number of amides is 3. The minimum Gasteiger partial charge on any atom is -0.363 e. The van der Waals surface area contributed by atoms with Gasteiger partial charge in [0.15, 0.2) is 20.8 Å². The number of hydrogen-bond acceptors (Lipinski definition) is 8. The second kappa shape index (κ2) is 9.22. The lowest BCUT2D eigenvalue weighted by Gasteiger charge is -2.05. The summed E-state index contributed by atoms with van der Waals surface area (Å²) in [5, 5.41) is 11.4. The number of carbonyl (C=O) groups excluding carboxylic acids is 2. The van der Waals surface area contributed by atoms with Crippen molar-refractivity contribution in [3.8, 4) is 10.4 Å². The molecule has 1 aromatic carbocycles. The standard InChI is InChI=1S/C18H18FN5O5S2/c1-10-16(11-3-4-13(12(19)9-11)31(2,27)28)30-18(21-10)23-17(26)20-7-5-15(25)22-14-6-8-29-24-14/h3-4,6,8-9H,5,7H2,1-2H3,(H,22,24,25)(H2,20,21,23,26). The molecule has 0 spiro atoms. The van der Waals surface area contributed by atoms with Gasteiger partial charge < -0.3 is 15.2 Å². The summed E-state index contributed by atoms with van der Waals surface area (Å²) < 4.78 is 41.9. The quantitative estimate of drug-likeness (QED) is 0.485. The molecule has 0 unspecified atom stereocenters. The summed E-state index contributed by atoms with van der Waals surface area (Å²) in [6.45, 7) is 1.76. The number of hydrogen-bond donors (Lipinski definition) is 3. The van der Waals surface area contributed by atoms with E-state index >= 15 is 0 Å². The Labute approximate surface area is 180 Å². The number of anilines is 2. The van der Waals surface area contributed by atoms with Crippen LogP contribution in [0.4, 0.5) is 20.1 Å². The SMILES string of the molecule is Cc1nc(NC(=O)NCCC(=O)Nc2ccon2)sc1-c1ccc(S(C)(=O)=O)c(F)c1. The molecule has 164 valence electrons. The number of urea groups is 1. The predicted octanol–water partition coefficient (Wildman–Crippen LogP) is 2.80. The third-order valence-electron chi connectivity index (χ3n) is 3.95. The van der Waals surface area contributed by atoms with Gasteiger partial charge in [0.25, 0.3) is 0 Å². The van der Waals surface area contributed by atoms with E-state index in [4.69, 9.17) is 0 Å². The van der Waals surface area contributed by atoms with Crippen LogP contribution < -0.4 is 16.0 Å². The van der Waals surface area contributed by atoms with Crippen LogP contribution in [0.2, 0.25) is 0 Å². The molecule has 2 aromatic heterocycles. The largest absolute Gasteiger partial charge is 0.363 e. The van der Waals surface area contributed by atoms with Gasteiger partial charge in [-0.2, -0.15) is 0 Å². The first kappa shape index (κ1) is 22.4. The molecule has 0 aliphatic carbocycles. The van der Waals surface area contributed by atoms with Crippen LogP contribution in [0.25, 0.3) is 10.4 Å². The van der Waals surface area contributed by atoms with Gasteiger partial charge in [-0.05, 0) is 24.6 Å². The molecule has 0 bridgehead atoms. The fraction of sp³-hybridized carbons (Fsp3) is 0.222. The number of nitrogens with zero attached hydrogens (tertiary/aromatic N) is 2. The maximum atomic E-state index is 14.2. The summed E-state index contributed by atoms with van der Waals surface area (Å²) in [5.74, 6) is -0.925. The molecule has 10 nitrogen and oxygen atoms in total. The molecule has 3 rings (SSSR count). The van der Waals surface area contributed by atoms with Crippen molar-refractivity contribution in [1.29, 1.82) is 0 Å². The number of nitrogens with one attached hydrogen (secondary N) is 3. The van der Waals surface area contributed by atoms with E-state index in [1.54, 1.807) is 6.92 Å². The van der Waals surface area contributed by atoms with E-state index in [2.05, 4.69) is 30.6 Å². The van der Waals surface area contributed by atoms with Crippen molar-refractivity contribution in [2.45, 2.75) is 18.2 Å². The van der Waals surface area contributed by atoms with Crippen LogP contribution in [0.5, 0.6) is 0 Å². The first-order valence-electron chi connectivity index (χ1n) is 8.86. The van der Waals surface area contributed by atoms with Gasteiger partial charge in [-0.25, -0.2) is 22.6 Å². The molecule has 2 heterocycles. The van der Waals surface area contributed by atoms with E-state index in [0.29, 0.717) is 16.1 Å². The van der Waals surface area contributed by atoms with Crippen molar-refractivity contribution >= 4 is 44.1 Å². The van der Waals surface area contributed by atoms with Crippen LogP contribution >= 0.6 is 11.3 Å². The third-order valence-corrected chi connectivity index (χ3v) is 6.21. The zero-order chi connectivity index (χ0) is 22.6. The minimum absolute atomic E-state index is 0.0222. The molecular weight excluding hydrogens is 449 g/mol. The molecule has 3 amide bonds. The van der Waals surface area contributed by atoms with Gasteiger partial charge >= 0.3 is 6.03 Å². The van der Waals surface area contributed by atoms with Crippen molar-refractivity contribution in [2.24, 2.45) is 0 Å². The second-order valence-electron chi connectivity index (χ2n) is 6.41. The fourth-order valence-corrected chi connectivity index (χ4v) is 4.26. The Morgan fingerprint density at radius 3 is 2.65 bits per heavy atom. The van der Waals surface area contributed by atoms with Gasteiger partial charge in [0.05, 0.1) is 10.6 Å². The van der Waals surface area contributed by atoms with Gasteiger partial charge in [-0.15, -0.1) is 0 Å². The lowest BCUT2D eigenvalue weighted by molar-refractivity contribution is -0.116. The Bertz CT molecular complexity index is 1210. The zero-order valence-electron chi connectivity index (χ0n) is 16.4. The smallest absolute Gasteiger partial charge is 0.321 e. The molecule has 0 saturated heterocycles. The fourth-order valence-electron chi connectivity index (χ4n) is 2.57. The Morgan fingerprint density at radius 1 is 1.23 bits per heavy atom. The molecule has 0 atom stereocenters. The summed E-state index contributed by atoms with van der Waals surface area (Å²) in [6.07, 6.45) is 2.27. The highest BCUT2D eigenvalue weighted by atomic mass is 32.2. The van der Waals surface area contributed by atoms with Gasteiger partial charge in [0.1, 0.15) is 17.0 Å². The molecule has 0 radical (unpaired) electrons. The topological polar surface area (TPSA) is 143 Å². The minimum atomic E-state index is -3.67. The third kappa shape index (κ3) is 5.86. The second-order valence-corrected chi connectivity index (χ2v) is 9.40. The van der Waals surface area contributed by atoms with Crippen molar-refractivity contribution in [1.82, 2.24) is 15.5 Å². The number of carbonyl (C=O) groups is 2. The number of aryl methyl sites for hydroxylation is 1. The number of rotatable bonds is 7. The number of benzene rings is 1. The average molecular weight is 468 g/mol. The van der Waals surface area contributed by atoms with E-state index in [-0.39, 0.29) is 34.7 Å². The molecule has 31 heavy (non-hydrogen) atoms. The maximum Gasteiger partial charge on any atom is 0.321 e. The lowest BCUT2D eigenvalue weighted by Crippen LogP contribution is -2.31. The van der Waals surface area contributed by atoms with Crippen LogP contribution in [0.15, 0.2) is 39.9 Å². The maximum absolute atomic E-state index is 14.2. The van der Waals surface area contributed by atoms with Crippen LogP contribution in [0.3, 0.4) is 0 Å². The van der Waals surface area contributed by atoms with Gasteiger partial charge in [0, 0.05) is 25.3 Å². The van der Waals surface area contributed by atoms with Crippen molar-refractivity contribution < 1.29 is 26.9 Å². The van der Waals surface area contributed by atoms with E-state index in [0.717, 1.165) is 23.7 Å². The molecule has 0 saturated carbocycles. The number of thiazole rings is 1. The highest BCUT2D eigenvalue weighted by molar-refractivity contribution is 7.90. The Balaban J connectivity index is 1.57. The van der Waals surface area contributed by atoms with Crippen LogP contribution in [0, 0.1) is 12.7 Å². The Hall–Kier alpha value is -3.32. The normalized spacial score (nSPS) is 11.2. The summed E-state index contributed by atoms with van der Waals surface area (Å²) in [5.41, 5.74) is 0.983. The molecule has 3 N–H and O–H groups in total. The number of aromatic nitrogens is 2. The van der Waals surface area contributed by atoms with E-state index in [1.807, 2.05) is 0 Å². The summed E-state index contributed by atoms with van der Waals surface area (Å²) in [7, 11) is -3.67. The average Bonchev–Trinajstić information content (AvgIpc) is 3.30. The molecular formula is C18H18FN5O5S2. The van der Waals surface area contributed by atoms with Crippen LogP contribution in [-0.2, 0) is 14.6 Å². The summed E-state index contributed by atoms with van der Waals surface area (Å²) >= 11 is 1.11. The van der Waals surface area contributed by atoms with Gasteiger partial charge in [0.2, 0.25) is 5.91 Å². The van der Waals surface area contributed by atoms with Crippen molar-refractivity contribution in [2.75, 3.05) is 23.4 Å². The highest BCUT2D eigenvalue weighted by Crippen LogP contribution is 2.34. The molecule has 0 aliphatic rings. The molecule has 13 heteroatoms. The van der Waals surface area contributed by atoms with Gasteiger partial charge in [-0.1, -0.05) is 22.6 Å². The highest BCUT2D eigenvalue weighted by Gasteiger charge is 2.17. The van der Waals surface area contributed by atoms with Gasteiger partial charge in [-0.3, -0.25) is 10.1 Å². The van der Waals surface area contributed by atoms with E-state index < -0.39 is 21.7 Å². The number of sulfone groups is 1. The van der Waals surface area contributed by atoms with Crippen molar-refractivity contribution in [3.63, 3.8) is 0 Å². The van der Waals surface area contributed by atoms with Crippen LogP contribution in [0.1, 0.15) is 12.1 Å². The Kier molecular flexibility index (Phi) is 6.65. The summed E-state index contributed by atoms with van der Waals surface area (Å²) in [4.78, 5) is 28.2. The first-order chi connectivity index (χ1) is 14.6.